The summed E-state index contributed by atoms with van der Waals surface area (Å²) in [5.41, 5.74) is -0.390. The Kier molecular flexibility index (Phi) is 3.96. The maximum atomic E-state index is 12.6. The summed E-state index contributed by atoms with van der Waals surface area (Å²) in [4.78, 5) is 15.0. The summed E-state index contributed by atoms with van der Waals surface area (Å²) in [7, 11) is 1.69. The Bertz CT molecular complexity index is 643. The summed E-state index contributed by atoms with van der Waals surface area (Å²) >= 11 is 0. The summed E-state index contributed by atoms with van der Waals surface area (Å²) in [5.74, 6) is 0. The number of nitrogens with zero attached hydrogens (tertiary/aromatic N) is 3. The molecule has 4 nitrogen and oxygen atoms in total. The third-order valence-corrected chi connectivity index (χ3v) is 3.03. The van der Waals surface area contributed by atoms with Gasteiger partial charge in [0.15, 0.2) is 0 Å². The lowest BCUT2D eigenvalue weighted by atomic mass is 10.1. The predicted molar refractivity (Wildman–Crippen MR) is 67.2 cm³/mol. The van der Waals surface area contributed by atoms with Gasteiger partial charge in [0.2, 0.25) is 0 Å². The van der Waals surface area contributed by atoms with Crippen LogP contribution in [-0.2, 0) is 26.2 Å². The van der Waals surface area contributed by atoms with E-state index in [-0.39, 0.29) is 5.69 Å². The minimum Gasteiger partial charge on any atom is -0.273 e. The maximum absolute atomic E-state index is 12.6. The molecular formula is C13H14F3N3O. The lowest BCUT2D eigenvalue weighted by Gasteiger charge is -2.09. The van der Waals surface area contributed by atoms with Crippen molar-refractivity contribution in [2.75, 3.05) is 0 Å². The molecule has 0 aliphatic rings. The molecular weight excluding hydrogens is 271 g/mol. The second-order valence-electron chi connectivity index (χ2n) is 4.53. The van der Waals surface area contributed by atoms with Crippen LogP contribution in [0.2, 0.25) is 0 Å². The van der Waals surface area contributed by atoms with Crippen LogP contribution in [0.5, 0.6) is 0 Å². The van der Waals surface area contributed by atoms with Gasteiger partial charge in [-0.15, -0.1) is 0 Å². The summed E-state index contributed by atoms with van der Waals surface area (Å²) in [6.07, 6.45) is -1.87. The van der Waals surface area contributed by atoms with Gasteiger partial charge in [-0.3, -0.25) is 4.68 Å². The minimum atomic E-state index is -4.32. The van der Waals surface area contributed by atoms with Gasteiger partial charge in [0.1, 0.15) is 6.33 Å². The second-order valence-corrected chi connectivity index (χ2v) is 4.53. The Morgan fingerprint density at radius 3 is 2.65 bits per heavy atom. The minimum absolute atomic E-state index is 0.350. The summed E-state index contributed by atoms with van der Waals surface area (Å²) in [6, 6.07) is 5.25. The molecule has 0 unspecified atom stereocenters. The lowest BCUT2D eigenvalue weighted by Crippen LogP contribution is -2.22. The molecule has 2 aromatic rings. The van der Waals surface area contributed by atoms with Crippen molar-refractivity contribution in [2.45, 2.75) is 25.6 Å². The van der Waals surface area contributed by atoms with Crippen LogP contribution < -0.4 is 5.69 Å². The van der Waals surface area contributed by atoms with Crippen molar-refractivity contribution in [1.82, 2.24) is 14.3 Å². The summed E-state index contributed by atoms with van der Waals surface area (Å²) in [6.45, 7) is 0.422. The average molecular weight is 285 g/mol. The zero-order valence-electron chi connectivity index (χ0n) is 10.9. The molecule has 1 heterocycles. The largest absolute Gasteiger partial charge is 0.416 e. The molecule has 0 saturated heterocycles. The smallest absolute Gasteiger partial charge is 0.273 e. The number of aryl methyl sites for hydroxylation is 2. The molecule has 2 rings (SSSR count). The first-order valence-corrected chi connectivity index (χ1v) is 6.12. The number of rotatable bonds is 4. The van der Waals surface area contributed by atoms with Gasteiger partial charge in [0, 0.05) is 13.6 Å². The first kappa shape index (κ1) is 14.4. The zero-order valence-corrected chi connectivity index (χ0v) is 10.9. The fourth-order valence-corrected chi connectivity index (χ4v) is 1.99. The highest BCUT2D eigenvalue weighted by Crippen LogP contribution is 2.29. The molecule has 0 saturated carbocycles. The van der Waals surface area contributed by atoms with Crippen molar-refractivity contribution >= 4 is 0 Å². The molecule has 0 bridgehead atoms. The Morgan fingerprint density at radius 2 is 2.05 bits per heavy atom. The SMILES string of the molecule is Cn1cnc(=O)n1CCCc1cccc(C(F)(F)F)c1. The molecule has 0 aliphatic heterocycles. The highest BCUT2D eigenvalue weighted by Gasteiger charge is 2.30. The van der Waals surface area contributed by atoms with Crippen molar-refractivity contribution in [3.05, 3.63) is 52.2 Å². The fourth-order valence-electron chi connectivity index (χ4n) is 1.99. The molecule has 0 amide bonds. The van der Waals surface area contributed by atoms with Crippen molar-refractivity contribution in [1.29, 1.82) is 0 Å². The van der Waals surface area contributed by atoms with Gasteiger partial charge >= 0.3 is 11.9 Å². The molecule has 0 atom stereocenters. The van der Waals surface area contributed by atoms with E-state index in [4.69, 9.17) is 0 Å². The Hall–Kier alpha value is -2.05. The van der Waals surface area contributed by atoms with Gasteiger partial charge in [-0.1, -0.05) is 18.2 Å². The molecule has 108 valence electrons. The summed E-state index contributed by atoms with van der Waals surface area (Å²) in [5, 5.41) is 0. The molecule has 0 N–H and O–H groups in total. The van der Waals surface area contributed by atoms with Crippen molar-refractivity contribution in [3.63, 3.8) is 0 Å². The normalized spacial score (nSPS) is 11.8. The van der Waals surface area contributed by atoms with E-state index >= 15 is 0 Å². The van der Waals surface area contributed by atoms with Crippen molar-refractivity contribution < 1.29 is 13.2 Å². The third kappa shape index (κ3) is 3.28. The molecule has 0 radical (unpaired) electrons. The molecule has 1 aromatic heterocycles. The van der Waals surface area contributed by atoms with Crippen molar-refractivity contribution in [2.24, 2.45) is 7.05 Å². The van der Waals surface area contributed by atoms with Gasteiger partial charge in [-0.25, -0.2) is 9.48 Å². The Balaban J connectivity index is 2.00. The van der Waals surface area contributed by atoms with Crippen LogP contribution in [-0.4, -0.2) is 14.3 Å². The lowest BCUT2D eigenvalue weighted by molar-refractivity contribution is -0.137. The number of aromatic nitrogens is 3. The highest BCUT2D eigenvalue weighted by molar-refractivity contribution is 5.25. The Morgan fingerprint density at radius 1 is 1.30 bits per heavy atom. The highest BCUT2D eigenvalue weighted by atomic mass is 19.4. The van der Waals surface area contributed by atoms with Crippen LogP contribution in [0.25, 0.3) is 0 Å². The van der Waals surface area contributed by atoms with Gasteiger partial charge in [0.25, 0.3) is 0 Å². The molecule has 0 spiro atoms. The third-order valence-electron chi connectivity index (χ3n) is 3.03. The molecule has 0 fully saturated rings. The molecule has 1 aromatic carbocycles. The molecule has 0 aliphatic carbocycles. The van der Waals surface area contributed by atoms with Gasteiger partial charge in [-0.2, -0.15) is 18.2 Å². The number of hydrogen-bond donors (Lipinski definition) is 0. The van der Waals surface area contributed by atoms with Gasteiger partial charge in [0.05, 0.1) is 5.56 Å². The van der Waals surface area contributed by atoms with Crippen LogP contribution in [0.1, 0.15) is 17.5 Å². The standard InChI is InChI=1S/C13H14F3N3O/c1-18-9-17-12(20)19(18)7-3-5-10-4-2-6-11(8-10)13(14,15)16/h2,4,6,8-9H,3,5,7H2,1H3. The monoisotopic (exact) mass is 285 g/mol. The van der Waals surface area contributed by atoms with Crippen LogP contribution >= 0.6 is 0 Å². The number of alkyl halides is 3. The van der Waals surface area contributed by atoms with E-state index in [0.717, 1.165) is 12.1 Å². The average Bonchev–Trinajstić information content (AvgIpc) is 2.70. The number of hydrogen-bond acceptors (Lipinski definition) is 2. The van der Waals surface area contributed by atoms with Crippen LogP contribution in [0.15, 0.2) is 35.4 Å². The van der Waals surface area contributed by atoms with Crippen LogP contribution in [0, 0.1) is 0 Å². The number of halogens is 3. The van der Waals surface area contributed by atoms with E-state index in [9.17, 15) is 18.0 Å². The first-order chi connectivity index (χ1) is 9.38. The Labute approximate surface area is 113 Å². The zero-order chi connectivity index (χ0) is 14.8. The topological polar surface area (TPSA) is 39.8 Å². The van der Waals surface area contributed by atoms with E-state index in [2.05, 4.69) is 4.98 Å². The van der Waals surface area contributed by atoms with Crippen LogP contribution in [0.3, 0.4) is 0 Å². The fraction of sp³-hybridized carbons (Fsp3) is 0.385. The maximum Gasteiger partial charge on any atom is 0.416 e. The van der Waals surface area contributed by atoms with E-state index in [0.29, 0.717) is 24.9 Å². The van der Waals surface area contributed by atoms with E-state index in [1.165, 1.54) is 17.1 Å². The predicted octanol–water partition coefficient (Wildman–Crippen LogP) is 2.23. The first-order valence-electron chi connectivity index (χ1n) is 6.12. The van der Waals surface area contributed by atoms with Crippen LogP contribution in [0.4, 0.5) is 13.2 Å². The van der Waals surface area contributed by atoms with E-state index < -0.39 is 11.7 Å². The van der Waals surface area contributed by atoms with E-state index in [1.54, 1.807) is 17.8 Å². The number of benzene rings is 1. The molecule has 7 heteroatoms. The summed E-state index contributed by atoms with van der Waals surface area (Å²) < 4.78 is 40.7. The molecule has 20 heavy (non-hydrogen) atoms. The van der Waals surface area contributed by atoms with Gasteiger partial charge < -0.3 is 0 Å². The van der Waals surface area contributed by atoms with Crippen molar-refractivity contribution in [3.8, 4) is 0 Å². The van der Waals surface area contributed by atoms with Gasteiger partial charge in [-0.05, 0) is 24.5 Å². The van der Waals surface area contributed by atoms with E-state index in [1.807, 2.05) is 0 Å². The second kappa shape index (κ2) is 5.52. The quantitative estimate of drug-likeness (QED) is 0.864.